The van der Waals surface area contributed by atoms with Gasteiger partial charge in [-0.05, 0) is 24.1 Å². The molecular weight excluding hydrogens is 426 g/mol. The van der Waals surface area contributed by atoms with Gasteiger partial charge in [-0.15, -0.1) is 0 Å². The topological polar surface area (TPSA) is 86.8 Å². The van der Waals surface area contributed by atoms with E-state index in [0.29, 0.717) is 38.2 Å². The van der Waals surface area contributed by atoms with Crippen molar-refractivity contribution < 1.29 is 18.0 Å². The van der Waals surface area contributed by atoms with Crippen molar-refractivity contribution in [2.24, 2.45) is 0 Å². The van der Waals surface area contributed by atoms with Gasteiger partial charge in [0.25, 0.3) is 5.91 Å². The second-order valence-electron chi connectivity index (χ2n) is 8.48. The van der Waals surface area contributed by atoms with Crippen LogP contribution in [0.3, 0.4) is 0 Å². The maximum Gasteiger partial charge on any atom is 0.251 e. The monoisotopic (exact) mass is 455 g/mol. The third-order valence-electron chi connectivity index (χ3n) is 6.31. The van der Waals surface area contributed by atoms with Crippen LogP contribution in [0.5, 0.6) is 0 Å². The highest BCUT2D eigenvalue weighted by Crippen LogP contribution is 2.22. The number of carbonyl (C=O) groups excluding carboxylic acids is 2. The molecule has 7 nitrogen and oxygen atoms in total. The van der Waals surface area contributed by atoms with Gasteiger partial charge in [0.2, 0.25) is 5.91 Å². The summed E-state index contributed by atoms with van der Waals surface area (Å²) in [6, 6.07) is 18.2. The number of nitrogens with one attached hydrogen (secondary N) is 1. The zero-order valence-corrected chi connectivity index (χ0v) is 18.8. The van der Waals surface area contributed by atoms with E-state index in [9.17, 15) is 18.0 Å². The number of sulfone groups is 1. The Morgan fingerprint density at radius 1 is 0.938 bits per heavy atom. The Labute approximate surface area is 189 Å². The Morgan fingerprint density at radius 3 is 2.16 bits per heavy atom. The van der Waals surface area contributed by atoms with Gasteiger partial charge >= 0.3 is 0 Å². The third kappa shape index (κ3) is 5.55. The van der Waals surface area contributed by atoms with Gasteiger partial charge in [-0.1, -0.05) is 48.5 Å². The van der Waals surface area contributed by atoms with E-state index in [-0.39, 0.29) is 35.8 Å². The predicted octanol–water partition coefficient (Wildman–Crippen LogP) is 1.88. The second-order valence-corrected chi connectivity index (χ2v) is 10.7. The zero-order chi connectivity index (χ0) is 22.6. The van der Waals surface area contributed by atoms with E-state index in [1.54, 1.807) is 12.1 Å². The Balaban J connectivity index is 1.38. The molecule has 2 aromatic carbocycles. The minimum atomic E-state index is -2.92. The SMILES string of the molecule is O=C(N[C@H](CC(=O)N1CCN([C@@H]2CCS(=O)(=O)C2)CC1)c1ccccc1)c1ccccc1. The summed E-state index contributed by atoms with van der Waals surface area (Å²) in [6.07, 6.45) is 0.859. The van der Waals surface area contributed by atoms with Crippen LogP contribution >= 0.6 is 0 Å². The van der Waals surface area contributed by atoms with Crippen molar-refractivity contribution in [2.45, 2.75) is 24.9 Å². The van der Waals surface area contributed by atoms with Crippen LogP contribution in [-0.2, 0) is 14.6 Å². The van der Waals surface area contributed by atoms with E-state index in [1.165, 1.54) is 0 Å². The molecule has 32 heavy (non-hydrogen) atoms. The lowest BCUT2D eigenvalue weighted by Crippen LogP contribution is -2.52. The standard InChI is InChI=1S/C24H29N3O4S/c28-23(27-14-12-26(13-15-27)21-11-16-32(30,31)18-21)17-22(19-7-3-1-4-8-19)25-24(29)20-9-5-2-6-10-20/h1-10,21-22H,11-18H2,(H,25,29)/t21-,22-/m1/s1. The van der Waals surface area contributed by atoms with Gasteiger partial charge in [0.15, 0.2) is 9.84 Å². The summed E-state index contributed by atoms with van der Waals surface area (Å²) in [5.74, 6) is 0.268. The minimum Gasteiger partial charge on any atom is -0.345 e. The van der Waals surface area contributed by atoms with Gasteiger partial charge < -0.3 is 10.2 Å². The molecule has 2 atom stereocenters. The molecule has 0 saturated carbocycles. The molecule has 2 amide bonds. The van der Waals surface area contributed by atoms with E-state index >= 15 is 0 Å². The molecule has 0 aliphatic carbocycles. The van der Waals surface area contributed by atoms with Crippen LogP contribution in [0.15, 0.2) is 60.7 Å². The van der Waals surface area contributed by atoms with Crippen molar-refractivity contribution in [3.8, 4) is 0 Å². The van der Waals surface area contributed by atoms with Crippen molar-refractivity contribution >= 4 is 21.7 Å². The van der Waals surface area contributed by atoms with Gasteiger partial charge in [0.05, 0.1) is 24.0 Å². The van der Waals surface area contributed by atoms with Crippen LogP contribution in [0.25, 0.3) is 0 Å². The normalized spacial score (nSPS) is 21.8. The number of hydrogen-bond donors (Lipinski definition) is 1. The number of benzene rings is 2. The molecule has 0 radical (unpaired) electrons. The number of rotatable bonds is 6. The summed E-state index contributed by atoms with van der Waals surface area (Å²) in [5.41, 5.74) is 1.45. The molecule has 4 rings (SSSR count). The molecule has 0 unspecified atom stereocenters. The quantitative estimate of drug-likeness (QED) is 0.719. The fraction of sp³-hybridized carbons (Fsp3) is 0.417. The summed E-state index contributed by atoms with van der Waals surface area (Å²) >= 11 is 0. The van der Waals surface area contributed by atoms with Crippen LogP contribution in [0, 0.1) is 0 Å². The van der Waals surface area contributed by atoms with Crippen LogP contribution in [-0.4, -0.2) is 73.8 Å². The largest absolute Gasteiger partial charge is 0.345 e. The molecule has 2 aliphatic heterocycles. The maximum atomic E-state index is 13.1. The number of amides is 2. The third-order valence-corrected chi connectivity index (χ3v) is 8.06. The summed E-state index contributed by atoms with van der Waals surface area (Å²) in [4.78, 5) is 29.8. The van der Waals surface area contributed by atoms with Gasteiger partial charge in [-0.25, -0.2) is 8.42 Å². The van der Waals surface area contributed by atoms with E-state index in [1.807, 2.05) is 53.4 Å². The average Bonchev–Trinajstić information content (AvgIpc) is 3.19. The molecule has 0 spiro atoms. The molecule has 170 valence electrons. The van der Waals surface area contributed by atoms with Crippen LogP contribution in [0.2, 0.25) is 0 Å². The van der Waals surface area contributed by atoms with Crippen molar-refractivity contribution in [1.29, 1.82) is 0 Å². The maximum absolute atomic E-state index is 13.1. The summed E-state index contributed by atoms with van der Waals surface area (Å²) in [7, 11) is -2.92. The minimum absolute atomic E-state index is 0.00842. The number of nitrogens with zero attached hydrogens (tertiary/aromatic N) is 2. The summed E-state index contributed by atoms with van der Waals surface area (Å²) < 4.78 is 23.6. The van der Waals surface area contributed by atoms with Crippen molar-refractivity contribution in [2.75, 3.05) is 37.7 Å². The Bertz CT molecular complexity index is 1040. The lowest BCUT2D eigenvalue weighted by molar-refractivity contribution is -0.133. The van der Waals surface area contributed by atoms with Crippen LogP contribution < -0.4 is 5.32 Å². The van der Waals surface area contributed by atoms with Gasteiger partial charge in [0, 0.05) is 37.8 Å². The Hall–Kier alpha value is -2.71. The fourth-order valence-electron chi connectivity index (χ4n) is 4.47. The highest BCUT2D eigenvalue weighted by molar-refractivity contribution is 7.91. The smallest absolute Gasteiger partial charge is 0.251 e. The molecule has 2 heterocycles. The highest BCUT2D eigenvalue weighted by Gasteiger charge is 2.34. The number of hydrogen-bond acceptors (Lipinski definition) is 5. The number of piperazine rings is 1. The Morgan fingerprint density at radius 2 is 1.56 bits per heavy atom. The Kier molecular flexibility index (Phi) is 6.91. The van der Waals surface area contributed by atoms with Crippen molar-refractivity contribution in [3.05, 3.63) is 71.8 Å². The first-order chi connectivity index (χ1) is 15.4. The van der Waals surface area contributed by atoms with Crippen LogP contribution in [0.1, 0.15) is 34.8 Å². The zero-order valence-electron chi connectivity index (χ0n) is 18.0. The second kappa shape index (κ2) is 9.83. The summed E-state index contributed by atoms with van der Waals surface area (Å²) in [5, 5.41) is 3.02. The van der Waals surface area contributed by atoms with Gasteiger partial charge in [0.1, 0.15) is 0 Å². The molecule has 0 aromatic heterocycles. The van der Waals surface area contributed by atoms with E-state index in [2.05, 4.69) is 10.2 Å². The fourth-order valence-corrected chi connectivity index (χ4v) is 6.23. The van der Waals surface area contributed by atoms with E-state index in [4.69, 9.17) is 0 Å². The van der Waals surface area contributed by atoms with Gasteiger partial charge in [-0.3, -0.25) is 14.5 Å². The highest BCUT2D eigenvalue weighted by atomic mass is 32.2. The van der Waals surface area contributed by atoms with E-state index in [0.717, 1.165) is 5.56 Å². The average molecular weight is 456 g/mol. The van der Waals surface area contributed by atoms with Gasteiger partial charge in [-0.2, -0.15) is 0 Å². The molecule has 2 aromatic rings. The van der Waals surface area contributed by atoms with Crippen LogP contribution in [0.4, 0.5) is 0 Å². The van der Waals surface area contributed by atoms with E-state index < -0.39 is 15.9 Å². The molecule has 2 aliphatic rings. The molecule has 1 N–H and O–H groups in total. The first-order valence-corrected chi connectivity index (χ1v) is 12.9. The number of carbonyl (C=O) groups is 2. The summed E-state index contributed by atoms with van der Waals surface area (Å²) in [6.45, 7) is 2.50. The first kappa shape index (κ1) is 22.5. The first-order valence-electron chi connectivity index (χ1n) is 11.0. The molecule has 8 heteroatoms. The molecular formula is C24H29N3O4S. The molecule has 0 bridgehead atoms. The lowest BCUT2D eigenvalue weighted by atomic mass is 10.0. The van der Waals surface area contributed by atoms with Crippen molar-refractivity contribution in [1.82, 2.24) is 15.1 Å². The molecule has 2 saturated heterocycles. The predicted molar refractivity (Wildman–Crippen MR) is 123 cm³/mol. The molecule has 2 fully saturated rings. The lowest BCUT2D eigenvalue weighted by Gasteiger charge is -2.38. The van der Waals surface area contributed by atoms with Crippen molar-refractivity contribution in [3.63, 3.8) is 0 Å².